The normalized spacial score (nSPS) is 9.50. The fourth-order valence-corrected chi connectivity index (χ4v) is 0.810. The molecule has 0 aromatic carbocycles. The number of nitrogens with one attached hydrogen (secondary N) is 3. The lowest BCUT2D eigenvalue weighted by Gasteiger charge is -2.05. The van der Waals surface area contributed by atoms with Crippen molar-refractivity contribution in [2.75, 3.05) is 26.2 Å². The van der Waals surface area contributed by atoms with Gasteiger partial charge in [0.2, 0.25) is 0 Å². The third-order valence-corrected chi connectivity index (χ3v) is 1.47. The molecule has 2 amide bonds. The molecule has 0 aromatic heterocycles. The molecule has 0 bridgehead atoms. The van der Waals surface area contributed by atoms with Gasteiger partial charge in [-0.05, 0) is 19.5 Å². The van der Waals surface area contributed by atoms with Crippen LogP contribution in [0.4, 0.5) is 4.79 Å². The van der Waals surface area contributed by atoms with Crippen molar-refractivity contribution in [1.82, 2.24) is 16.0 Å². The summed E-state index contributed by atoms with van der Waals surface area (Å²) in [6.45, 7) is 3.95. The second kappa shape index (κ2) is 8.31. The summed E-state index contributed by atoms with van der Waals surface area (Å²) in [5.74, 6) is -1.05. The van der Waals surface area contributed by atoms with Crippen molar-refractivity contribution >= 4 is 12.0 Å². The van der Waals surface area contributed by atoms with Gasteiger partial charge in [0.1, 0.15) is 6.54 Å². The van der Waals surface area contributed by atoms with Gasteiger partial charge in [0.25, 0.3) is 0 Å². The molecule has 0 unspecified atom stereocenters. The van der Waals surface area contributed by atoms with Crippen molar-refractivity contribution in [3.8, 4) is 0 Å². The molecule has 0 atom stereocenters. The lowest BCUT2D eigenvalue weighted by Crippen LogP contribution is -2.39. The summed E-state index contributed by atoms with van der Waals surface area (Å²) in [5, 5.41) is 16.1. The molecule has 0 aliphatic heterocycles. The van der Waals surface area contributed by atoms with Crippen LogP contribution in [0.2, 0.25) is 0 Å². The molecule has 0 saturated heterocycles. The summed E-state index contributed by atoms with van der Waals surface area (Å²) in [4.78, 5) is 20.9. The molecular weight excluding hydrogens is 186 g/mol. The standard InChI is InChI=1S/C8H17N3O3/c1-2-9-4-3-5-10-8(14)11-6-7(12)13/h9H,2-6H2,1H3,(H,12,13)(H2,10,11,14). The van der Waals surface area contributed by atoms with Crippen LogP contribution >= 0.6 is 0 Å². The molecule has 0 spiro atoms. The van der Waals surface area contributed by atoms with E-state index in [1.54, 1.807) is 0 Å². The Hall–Kier alpha value is -1.30. The van der Waals surface area contributed by atoms with E-state index in [0.717, 1.165) is 19.5 Å². The predicted octanol–water partition coefficient (Wildman–Crippen LogP) is -0.630. The van der Waals surface area contributed by atoms with E-state index in [-0.39, 0.29) is 6.54 Å². The molecule has 0 aliphatic rings. The molecule has 0 aromatic rings. The Balaban J connectivity index is 3.22. The van der Waals surface area contributed by atoms with E-state index in [2.05, 4.69) is 16.0 Å². The number of hydrogen-bond donors (Lipinski definition) is 4. The van der Waals surface area contributed by atoms with E-state index in [4.69, 9.17) is 5.11 Å². The van der Waals surface area contributed by atoms with Crippen molar-refractivity contribution in [2.24, 2.45) is 0 Å². The van der Waals surface area contributed by atoms with Crippen LogP contribution in [0.1, 0.15) is 13.3 Å². The average molecular weight is 203 g/mol. The first-order chi connectivity index (χ1) is 6.66. The van der Waals surface area contributed by atoms with Crippen LogP contribution in [0.5, 0.6) is 0 Å². The first-order valence-electron chi connectivity index (χ1n) is 4.61. The molecule has 0 heterocycles. The van der Waals surface area contributed by atoms with E-state index in [9.17, 15) is 9.59 Å². The minimum Gasteiger partial charge on any atom is -0.480 e. The van der Waals surface area contributed by atoms with E-state index in [1.165, 1.54) is 0 Å². The van der Waals surface area contributed by atoms with Crippen LogP contribution in [0.25, 0.3) is 0 Å². The molecule has 82 valence electrons. The van der Waals surface area contributed by atoms with Crippen LogP contribution in [0, 0.1) is 0 Å². The summed E-state index contributed by atoms with van der Waals surface area (Å²) in [7, 11) is 0. The fraction of sp³-hybridized carbons (Fsp3) is 0.750. The topological polar surface area (TPSA) is 90.5 Å². The maximum absolute atomic E-state index is 10.9. The van der Waals surface area contributed by atoms with Gasteiger partial charge in [-0.1, -0.05) is 6.92 Å². The zero-order valence-corrected chi connectivity index (χ0v) is 8.30. The quantitative estimate of drug-likeness (QED) is 0.415. The molecule has 6 nitrogen and oxygen atoms in total. The molecule has 0 radical (unpaired) electrons. The smallest absolute Gasteiger partial charge is 0.323 e. The van der Waals surface area contributed by atoms with Gasteiger partial charge in [0.05, 0.1) is 0 Å². The van der Waals surface area contributed by atoms with E-state index >= 15 is 0 Å². The van der Waals surface area contributed by atoms with Gasteiger partial charge in [-0.3, -0.25) is 4.79 Å². The zero-order chi connectivity index (χ0) is 10.8. The highest BCUT2D eigenvalue weighted by atomic mass is 16.4. The van der Waals surface area contributed by atoms with Crippen LogP contribution in [-0.2, 0) is 4.79 Å². The third-order valence-electron chi connectivity index (χ3n) is 1.47. The number of amides is 2. The van der Waals surface area contributed by atoms with Gasteiger partial charge in [0, 0.05) is 6.54 Å². The average Bonchev–Trinajstić information content (AvgIpc) is 2.14. The summed E-state index contributed by atoms with van der Waals surface area (Å²) in [6, 6.07) is -0.441. The Labute approximate surface area is 83.1 Å². The number of carboxylic acids is 1. The highest BCUT2D eigenvalue weighted by Gasteiger charge is 2.01. The molecule has 0 aliphatic carbocycles. The molecule has 4 N–H and O–H groups in total. The number of rotatable bonds is 7. The lowest BCUT2D eigenvalue weighted by molar-refractivity contribution is -0.135. The maximum atomic E-state index is 10.9. The number of urea groups is 1. The second-order valence-corrected chi connectivity index (χ2v) is 2.71. The number of carbonyl (C=O) groups is 2. The summed E-state index contributed by atoms with van der Waals surface area (Å²) in [6.07, 6.45) is 0.828. The first-order valence-corrected chi connectivity index (χ1v) is 4.61. The highest BCUT2D eigenvalue weighted by Crippen LogP contribution is 1.73. The van der Waals surface area contributed by atoms with Crippen LogP contribution < -0.4 is 16.0 Å². The van der Waals surface area contributed by atoms with E-state index in [0.29, 0.717) is 6.54 Å². The SMILES string of the molecule is CCNCCCNC(=O)NCC(=O)O. The fourth-order valence-electron chi connectivity index (χ4n) is 0.810. The van der Waals surface area contributed by atoms with Crippen molar-refractivity contribution in [1.29, 1.82) is 0 Å². The van der Waals surface area contributed by atoms with Gasteiger partial charge in [-0.25, -0.2) is 4.79 Å². The zero-order valence-electron chi connectivity index (χ0n) is 8.30. The Morgan fingerprint density at radius 1 is 1.21 bits per heavy atom. The van der Waals surface area contributed by atoms with Crippen LogP contribution in [0.3, 0.4) is 0 Å². The van der Waals surface area contributed by atoms with E-state index in [1.807, 2.05) is 6.92 Å². The number of carboxylic acid groups (broad SMARTS) is 1. The third kappa shape index (κ3) is 8.79. The van der Waals surface area contributed by atoms with Crippen molar-refractivity contribution in [3.05, 3.63) is 0 Å². The Kier molecular flexibility index (Phi) is 7.53. The van der Waals surface area contributed by atoms with Crippen molar-refractivity contribution in [2.45, 2.75) is 13.3 Å². The number of carbonyl (C=O) groups excluding carboxylic acids is 1. The second-order valence-electron chi connectivity index (χ2n) is 2.71. The largest absolute Gasteiger partial charge is 0.480 e. The van der Waals surface area contributed by atoms with Crippen molar-refractivity contribution in [3.63, 3.8) is 0 Å². The number of aliphatic carboxylic acids is 1. The Morgan fingerprint density at radius 2 is 1.93 bits per heavy atom. The summed E-state index contributed by atoms with van der Waals surface area (Å²) >= 11 is 0. The predicted molar refractivity (Wildman–Crippen MR) is 52.2 cm³/mol. The first kappa shape index (κ1) is 12.7. The monoisotopic (exact) mass is 203 g/mol. The molecule has 6 heteroatoms. The highest BCUT2D eigenvalue weighted by molar-refractivity contribution is 5.79. The minimum atomic E-state index is -1.05. The van der Waals surface area contributed by atoms with Gasteiger partial charge < -0.3 is 21.1 Å². The van der Waals surface area contributed by atoms with E-state index < -0.39 is 12.0 Å². The van der Waals surface area contributed by atoms with Gasteiger partial charge in [-0.15, -0.1) is 0 Å². The lowest BCUT2D eigenvalue weighted by atomic mass is 10.4. The van der Waals surface area contributed by atoms with Crippen LogP contribution in [-0.4, -0.2) is 43.3 Å². The molecule has 0 fully saturated rings. The number of hydrogen-bond acceptors (Lipinski definition) is 3. The Morgan fingerprint density at radius 3 is 2.50 bits per heavy atom. The molecule has 0 saturated carbocycles. The summed E-state index contributed by atoms with van der Waals surface area (Å²) < 4.78 is 0. The van der Waals surface area contributed by atoms with Gasteiger partial charge in [0.15, 0.2) is 0 Å². The van der Waals surface area contributed by atoms with Gasteiger partial charge in [-0.2, -0.15) is 0 Å². The van der Waals surface area contributed by atoms with Gasteiger partial charge >= 0.3 is 12.0 Å². The maximum Gasteiger partial charge on any atom is 0.323 e. The molecule has 0 rings (SSSR count). The summed E-state index contributed by atoms with van der Waals surface area (Å²) in [5.41, 5.74) is 0. The minimum absolute atomic E-state index is 0.348. The van der Waals surface area contributed by atoms with Crippen molar-refractivity contribution < 1.29 is 14.7 Å². The Bertz CT molecular complexity index is 185. The molecule has 14 heavy (non-hydrogen) atoms. The molecular formula is C8H17N3O3. The van der Waals surface area contributed by atoms with Crippen LogP contribution in [0.15, 0.2) is 0 Å².